The number of aromatic hydroxyl groups is 1. The van der Waals surface area contributed by atoms with Crippen LogP contribution in [0.2, 0.25) is 0 Å². The molecule has 1 fully saturated rings. The molecule has 2 aromatic heterocycles. The number of benzene rings is 3. The van der Waals surface area contributed by atoms with E-state index < -0.39 is 11.9 Å². The fourth-order valence-corrected chi connectivity index (χ4v) is 4.35. The Morgan fingerprint density at radius 1 is 1.00 bits per heavy atom. The zero-order chi connectivity index (χ0) is 26.9. The summed E-state index contributed by atoms with van der Waals surface area (Å²) in [6.07, 6.45) is 3.28. The molecule has 0 aliphatic heterocycles. The second-order valence-electron chi connectivity index (χ2n) is 9.36. The topological polar surface area (TPSA) is 122 Å². The van der Waals surface area contributed by atoms with E-state index in [1.165, 1.54) is 29.1 Å². The smallest absolute Gasteiger partial charge is 0.342 e. The van der Waals surface area contributed by atoms with Crippen LogP contribution in [0.25, 0.3) is 22.3 Å². The minimum absolute atomic E-state index is 0.107. The lowest BCUT2D eigenvalue weighted by molar-refractivity contribution is 0.102. The largest absolute Gasteiger partial charge is 0.507 e. The monoisotopic (exact) mass is 522 g/mol. The van der Waals surface area contributed by atoms with E-state index in [2.05, 4.69) is 25.7 Å². The summed E-state index contributed by atoms with van der Waals surface area (Å²) in [5.41, 5.74) is 4.02. The highest BCUT2D eigenvalue weighted by atomic mass is 19.1. The second-order valence-corrected chi connectivity index (χ2v) is 9.36. The number of nitrogens with zero attached hydrogens (tertiary/aromatic N) is 4. The zero-order valence-electron chi connectivity index (χ0n) is 20.6. The molecule has 1 aliphatic rings. The predicted molar refractivity (Wildman–Crippen MR) is 143 cm³/mol. The molecule has 2 amide bonds. The van der Waals surface area contributed by atoms with Gasteiger partial charge in [-0.2, -0.15) is 9.78 Å². The van der Waals surface area contributed by atoms with Crippen LogP contribution < -0.4 is 10.6 Å². The van der Waals surface area contributed by atoms with E-state index >= 15 is 0 Å². The first-order chi connectivity index (χ1) is 18.9. The van der Waals surface area contributed by atoms with Gasteiger partial charge in [-0.3, -0.25) is 9.78 Å². The minimum atomic E-state index is -0.462. The van der Waals surface area contributed by atoms with Crippen molar-refractivity contribution in [2.45, 2.75) is 25.3 Å². The third-order valence-corrected chi connectivity index (χ3v) is 6.47. The Balaban J connectivity index is 1.20. The Morgan fingerprint density at radius 2 is 1.82 bits per heavy atom. The summed E-state index contributed by atoms with van der Waals surface area (Å²) in [5, 5.41) is 20.7. The van der Waals surface area contributed by atoms with Crippen molar-refractivity contribution in [3.8, 4) is 17.0 Å². The van der Waals surface area contributed by atoms with Gasteiger partial charge in [-0.1, -0.05) is 24.3 Å². The fraction of sp³-hybridized carbons (Fsp3) is 0.138. The summed E-state index contributed by atoms with van der Waals surface area (Å²) < 4.78 is 14.8. The SMILES string of the molecule is O=C(Nc1ccc(-c2cc(C3CC3)n(C(=O)NCc3cccc(F)c3)n2)c(O)c1)c1cnc2ccccc2n1. The Labute approximate surface area is 222 Å². The third-order valence-electron chi connectivity index (χ3n) is 6.47. The number of hydrogen-bond donors (Lipinski definition) is 3. The molecular formula is C29H23FN6O3. The molecular weight excluding hydrogens is 499 g/mol. The number of fused-ring (bicyclic) bond motifs is 1. The van der Waals surface area contributed by atoms with Gasteiger partial charge in [-0.15, -0.1) is 0 Å². The van der Waals surface area contributed by atoms with Gasteiger partial charge in [0.15, 0.2) is 0 Å². The maximum atomic E-state index is 13.5. The van der Waals surface area contributed by atoms with Crippen molar-refractivity contribution in [2.75, 3.05) is 5.32 Å². The van der Waals surface area contributed by atoms with Crippen LogP contribution in [0.15, 0.2) is 79.0 Å². The molecule has 3 aromatic carbocycles. The highest BCUT2D eigenvalue weighted by Crippen LogP contribution is 2.42. The Kier molecular flexibility index (Phi) is 6.20. The molecule has 0 radical (unpaired) electrons. The summed E-state index contributed by atoms with van der Waals surface area (Å²) in [4.78, 5) is 34.3. The van der Waals surface area contributed by atoms with Crippen molar-refractivity contribution in [3.63, 3.8) is 0 Å². The number of phenolic OH excluding ortho intramolecular Hbond substituents is 1. The van der Waals surface area contributed by atoms with E-state index in [9.17, 15) is 19.1 Å². The van der Waals surface area contributed by atoms with Crippen LogP contribution in [0.1, 0.15) is 40.5 Å². The van der Waals surface area contributed by atoms with Gasteiger partial charge in [0.1, 0.15) is 17.3 Å². The van der Waals surface area contributed by atoms with E-state index in [-0.39, 0.29) is 29.7 Å². The third kappa shape index (κ3) is 5.17. The van der Waals surface area contributed by atoms with Crippen LogP contribution in [-0.2, 0) is 6.54 Å². The first-order valence-electron chi connectivity index (χ1n) is 12.4. The Bertz CT molecular complexity index is 1730. The molecule has 1 aliphatic carbocycles. The van der Waals surface area contributed by atoms with E-state index in [1.807, 2.05) is 18.2 Å². The summed E-state index contributed by atoms with van der Waals surface area (Å²) in [7, 11) is 0. The molecule has 6 rings (SSSR count). The summed E-state index contributed by atoms with van der Waals surface area (Å²) in [6.45, 7) is 0.150. The number of nitrogens with one attached hydrogen (secondary N) is 2. The molecule has 1 saturated carbocycles. The van der Waals surface area contributed by atoms with Crippen LogP contribution in [0.4, 0.5) is 14.9 Å². The van der Waals surface area contributed by atoms with Crippen molar-refractivity contribution < 1.29 is 19.1 Å². The van der Waals surface area contributed by atoms with Crippen LogP contribution in [0.5, 0.6) is 5.75 Å². The maximum absolute atomic E-state index is 13.5. The zero-order valence-corrected chi connectivity index (χ0v) is 20.6. The standard InChI is InChI=1S/C29H23FN6O3/c30-19-5-3-4-17(12-19)15-32-29(39)36-26(18-8-9-18)14-24(35-36)21-11-10-20(13-27(21)37)33-28(38)25-16-31-22-6-1-2-7-23(22)34-25/h1-7,10-14,16,18,37H,8-9,15H2,(H,32,39)(H,33,38). The lowest BCUT2D eigenvalue weighted by Crippen LogP contribution is -2.30. The van der Waals surface area contributed by atoms with Crippen molar-refractivity contribution >= 4 is 28.7 Å². The number of amides is 2. The van der Waals surface area contributed by atoms with Gasteiger partial charge >= 0.3 is 6.03 Å². The number of para-hydroxylation sites is 2. The summed E-state index contributed by atoms with van der Waals surface area (Å²) >= 11 is 0. The molecule has 2 heterocycles. The average Bonchev–Trinajstić information content (AvgIpc) is 3.70. The van der Waals surface area contributed by atoms with Crippen LogP contribution in [0.3, 0.4) is 0 Å². The molecule has 0 saturated heterocycles. The normalized spacial score (nSPS) is 12.8. The highest BCUT2D eigenvalue weighted by molar-refractivity contribution is 6.03. The Hall–Kier alpha value is -5.12. The lowest BCUT2D eigenvalue weighted by Gasteiger charge is -2.09. The first-order valence-corrected chi connectivity index (χ1v) is 12.4. The number of phenols is 1. The van der Waals surface area contributed by atoms with E-state index in [1.54, 1.807) is 36.4 Å². The Morgan fingerprint density at radius 3 is 2.59 bits per heavy atom. The van der Waals surface area contributed by atoms with Crippen LogP contribution in [-0.4, -0.2) is 36.8 Å². The molecule has 5 aromatic rings. The average molecular weight is 523 g/mol. The lowest BCUT2D eigenvalue weighted by atomic mass is 10.1. The number of anilines is 1. The second kappa shape index (κ2) is 9.97. The molecule has 9 nitrogen and oxygen atoms in total. The maximum Gasteiger partial charge on any atom is 0.342 e. The van der Waals surface area contributed by atoms with Gasteiger partial charge in [-0.05, 0) is 60.9 Å². The molecule has 194 valence electrons. The number of aromatic nitrogens is 4. The van der Waals surface area contributed by atoms with E-state index in [0.29, 0.717) is 33.5 Å². The van der Waals surface area contributed by atoms with Crippen molar-refractivity contribution in [2.24, 2.45) is 0 Å². The van der Waals surface area contributed by atoms with Crippen molar-refractivity contribution in [1.29, 1.82) is 0 Å². The molecule has 3 N–H and O–H groups in total. The number of carbonyl (C=O) groups excluding carboxylic acids is 2. The summed E-state index contributed by atoms with van der Waals surface area (Å²) in [5.74, 6) is -0.739. The minimum Gasteiger partial charge on any atom is -0.507 e. The van der Waals surface area contributed by atoms with Crippen molar-refractivity contribution in [3.05, 3.63) is 102 Å². The number of hydrogen-bond acceptors (Lipinski definition) is 6. The molecule has 0 bridgehead atoms. The van der Waals surface area contributed by atoms with Crippen molar-refractivity contribution in [1.82, 2.24) is 25.1 Å². The first kappa shape index (κ1) is 24.2. The number of carbonyl (C=O) groups is 2. The molecule has 0 unspecified atom stereocenters. The van der Waals surface area contributed by atoms with Gasteiger partial charge < -0.3 is 15.7 Å². The predicted octanol–water partition coefficient (Wildman–Crippen LogP) is 5.23. The van der Waals surface area contributed by atoms with Crippen LogP contribution in [0, 0.1) is 5.82 Å². The number of rotatable bonds is 6. The van der Waals surface area contributed by atoms with Gasteiger partial charge in [0.25, 0.3) is 5.91 Å². The van der Waals surface area contributed by atoms with Gasteiger partial charge in [0.05, 0.1) is 28.6 Å². The highest BCUT2D eigenvalue weighted by Gasteiger charge is 2.30. The summed E-state index contributed by atoms with van der Waals surface area (Å²) in [6, 6.07) is 19.3. The van der Waals surface area contributed by atoms with E-state index in [4.69, 9.17) is 0 Å². The van der Waals surface area contributed by atoms with Gasteiger partial charge in [-0.25, -0.2) is 14.2 Å². The van der Waals surface area contributed by atoms with Gasteiger partial charge in [0, 0.05) is 29.8 Å². The fourth-order valence-electron chi connectivity index (χ4n) is 4.35. The van der Waals surface area contributed by atoms with Crippen LogP contribution >= 0.6 is 0 Å². The molecule has 0 atom stereocenters. The molecule has 0 spiro atoms. The number of halogens is 1. The quantitative estimate of drug-likeness (QED) is 0.281. The van der Waals surface area contributed by atoms with Gasteiger partial charge in [0.2, 0.25) is 0 Å². The molecule has 10 heteroatoms. The van der Waals surface area contributed by atoms with E-state index in [0.717, 1.165) is 18.5 Å². The molecule has 39 heavy (non-hydrogen) atoms.